The van der Waals surface area contributed by atoms with Crippen molar-refractivity contribution in [2.24, 2.45) is 11.8 Å². The molecule has 7 nitrogen and oxygen atoms in total. The van der Waals surface area contributed by atoms with Gasteiger partial charge in [-0.2, -0.15) is 0 Å². The number of fused-ring (bicyclic) bond motifs is 2. The van der Waals surface area contributed by atoms with Gasteiger partial charge in [-0.25, -0.2) is 9.97 Å². The summed E-state index contributed by atoms with van der Waals surface area (Å²) >= 11 is 0. The molecule has 1 aromatic carbocycles. The maximum atomic E-state index is 11.3. The fourth-order valence-electron chi connectivity index (χ4n) is 4.61. The molecule has 3 atom stereocenters. The Kier molecular flexibility index (Phi) is 10.6. The second-order valence-corrected chi connectivity index (χ2v) is 8.91. The molecule has 0 amide bonds. The van der Waals surface area contributed by atoms with Gasteiger partial charge in [0.1, 0.15) is 0 Å². The summed E-state index contributed by atoms with van der Waals surface area (Å²) in [5.74, 6) is 2.55. The minimum Gasteiger partial charge on any atom is -0.478 e. The standard InChI is InChI=1S/C17H14N2O2.C8H16N2.C3H8O/c1-2-21-17-8-7-12(10-18-17)16-9-13(11-20)14-5-3-4-6-15(14)19-16;1-9-8-2-6-4-10-5-7(6)3-8;1-2-3-4/h3-11H,2H2,1H3;6-10H,2-5H2,1H3;4H,2-3H2,1H3/t;6-,7+,8?;. The number of hydrogen-bond acceptors (Lipinski definition) is 7. The van der Waals surface area contributed by atoms with E-state index in [1.54, 1.807) is 18.3 Å². The van der Waals surface area contributed by atoms with Crippen LogP contribution in [0.5, 0.6) is 5.88 Å². The topological polar surface area (TPSA) is 96.4 Å². The molecule has 35 heavy (non-hydrogen) atoms. The summed E-state index contributed by atoms with van der Waals surface area (Å²) in [5, 5.41) is 15.5. The molecular formula is C28H38N4O3. The van der Waals surface area contributed by atoms with Gasteiger partial charge in [-0.3, -0.25) is 4.79 Å². The predicted octanol–water partition coefficient (Wildman–Crippen LogP) is 4.10. The fourth-order valence-corrected chi connectivity index (χ4v) is 4.61. The Morgan fingerprint density at radius 2 is 1.86 bits per heavy atom. The number of ether oxygens (including phenoxy) is 1. The van der Waals surface area contributed by atoms with E-state index < -0.39 is 0 Å². The van der Waals surface area contributed by atoms with Crippen molar-refractivity contribution in [2.45, 2.75) is 39.2 Å². The van der Waals surface area contributed by atoms with Gasteiger partial charge in [-0.15, -0.1) is 0 Å². The molecule has 1 unspecified atom stereocenters. The highest BCUT2D eigenvalue weighted by atomic mass is 16.5. The van der Waals surface area contributed by atoms with E-state index in [-0.39, 0.29) is 0 Å². The number of rotatable bonds is 6. The molecular weight excluding hydrogens is 440 g/mol. The van der Waals surface area contributed by atoms with Gasteiger partial charge < -0.3 is 20.5 Å². The Hall–Kier alpha value is -2.87. The largest absolute Gasteiger partial charge is 0.478 e. The van der Waals surface area contributed by atoms with Gasteiger partial charge in [0.25, 0.3) is 0 Å². The summed E-state index contributed by atoms with van der Waals surface area (Å²) in [6, 6.07) is 13.9. The van der Waals surface area contributed by atoms with Crippen molar-refractivity contribution in [2.75, 3.05) is 33.4 Å². The summed E-state index contributed by atoms with van der Waals surface area (Å²) in [6.07, 6.45) is 6.23. The van der Waals surface area contributed by atoms with Gasteiger partial charge in [0.2, 0.25) is 5.88 Å². The third kappa shape index (κ3) is 7.31. The third-order valence-corrected chi connectivity index (χ3v) is 6.49. The van der Waals surface area contributed by atoms with Crippen molar-refractivity contribution in [1.82, 2.24) is 20.6 Å². The first-order chi connectivity index (χ1) is 17.1. The number of aromatic nitrogens is 2. The SMILES string of the molecule is CCCO.CCOc1ccc(-c2cc(C=O)c3ccccc3n2)cn1.CNC1C[C@H]2CNC[C@H]2C1. The molecule has 1 aliphatic carbocycles. The molecule has 3 aromatic rings. The lowest BCUT2D eigenvalue weighted by atomic mass is 10.0. The van der Waals surface area contributed by atoms with Gasteiger partial charge in [0, 0.05) is 41.4 Å². The maximum Gasteiger partial charge on any atom is 0.213 e. The Balaban J connectivity index is 0.000000202. The van der Waals surface area contributed by atoms with Crippen LogP contribution < -0.4 is 15.4 Å². The van der Waals surface area contributed by atoms with Gasteiger partial charge >= 0.3 is 0 Å². The Morgan fingerprint density at radius 3 is 2.43 bits per heavy atom. The molecule has 3 N–H and O–H groups in total. The molecule has 2 fully saturated rings. The quantitative estimate of drug-likeness (QED) is 0.459. The number of nitrogens with zero attached hydrogens (tertiary/aromatic N) is 2. The zero-order valence-electron chi connectivity index (χ0n) is 21.0. The van der Waals surface area contributed by atoms with Crippen molar-refractivity contribution < 1.29 is 14.6 Å². The van der Waals surface area contributed by atoms with Crippen LogP contribution in [0.2, 0.25) is 0 Å². The smallest absolute Gasteiger partial charge is 0.213 e. The van der Waals surface area contributed by atoms with Crippen LogP contribution in [-0.2, 0) is 0 Å². The molecule has 188 valence electrons. The highest BCUT2D eigenvalue weighted by Crippen LogP contribution is 2.34. The molecule has 0 spiro atoms. The number of pyridine rings is 2. The number of para-hydroxylation sites is 1. The van der Waals surface area contributed by atoms with E-state index >= 15 is 0 Å². The number of nitrogens with one attached hydrogen (secondary N) is 2. The fraction of sp³-hybridized carbons (Fsp3) is 0.464. The summed E-state index contributed by atoms with van der Waals surface area (Å²) < 4.78 is 5.32. The van der Waals surface area contributed by atoms with E-state index in [0.717, 1.165) is 52.7 Å². The summed E-state index contributed by atoms with van der Waals surface area (Å²) in [4.78, 5) is 20.1. The average molecular weight is 479 g/mol. The van der Waals surface area contributed by atoms with Crippen LogP contribution in [-0.4, -0.2) is 60.8 Å². The van der Waals surface area contributed by atoms with Crippen molar-refractivity contribution in [3.05, 3.63) is 54.2 Å². The van der Waals surface area contributed by atoms with Crippen LogP contribution in [0.3, 0.4) is 0 Å². The molecule has 7 heteroatoms. The first-order valence-electron chi connectivity index (χ1n) is 12.6. The average Bonchev–Trinajstić information content (AvgIpc) is 3.51. The summed E-state index contributed by atoms with van der Waals surface area (Å²) in [5.41, 5.74) is 3.01. The number of hydrogen-bond donors (Lipinski definition) is 3. The van der Waals surface area contributed by atoms with Crippen molar-refractivity contribution >= 4 is 17.2 Å². The minimum absolute atomic E-state index is 0.319. The molecule has 0 bridgehead atoms. The van der Waals surface area contributed by atoms with Crippen LogP contribution >= 0.6 is 0 Å². The van der Waals surface area contributed by atoms with E-state index in [4.69, 9.17) is 9.84 Å². The number of aldehydes is 1. The van der Waals surface area contributed by atoms with Crippen molar-refractivity contribution in [3.63, 3.8) is 0 Å². The Morgan fingerprint density at radius 1 is 1.14 bits per heavy atom. The zero-order valence-corrected chi connectivity index (χ0v) is 21.0. The van der Waals surface area contributed by atoms with Gasteiger partial charge in [0.05, 0.1) is 17.8 Å². The molecule has 3 heterocycles. The van der Waals surface area contributed by atoms with Gasteiger partial charge in [0.15, 0.2) is 6.29 Å². The molecule has 2 aromatic heterocycles. The van der Waals surface area contributed by atoms with Gasteiger partial charge in [-0.1, -0.05) is 25.1 Å². The summed E-state index contributed by atoms with van der Waals surface area (Å²) in [6.45, 7) is 7.28. The molecule has 5 rings (SSSR count). The van der Waals surface area contributed by atoms with E-state index in [1.165, 1.54) is 25.9 Å². The number of carbonyl (C=O) groups excluding carboxylic acids is 1. The molecule has 1 saturated carbocycles. The molecule has 1 saturated heterocycles. The zero-order chi connectivity index (χ0) is 25.0. The normalized spacial score (nSPS) is 20.3. The molecule has 1 aliphatic heterocycles. The number of benzene rings is 1. The maximum absolute atomic E-state index is 11.3. The number of aliphatic hydroxyl groups excluding tert-OH is 1. The lowest BCUT2D eigenvalue weighted by Gasteiger charge is -2.08. The van der Waals surface area contributed by atoms with Crippen LogP contribution in [0.4, 0.5) is 0 Å². The Labute approximate surface area is 208 Å². The second kappa shape index (κ2) is 13.9. The first kappa shape index (κ1) is 26.7. The van der Waals surface area contributed by atoms with Crippen LogP contribution in [0, 0.1) is 11.8 Å². The van der Waals surface area contributed by atoms with Crippen molar-refractivity contribution in [3.8, 4) is 17.1 Å². The highest BCUT2D eigenvalue weighted by Gasteiger charge is 2.36. The Bertz CT molecular complexity index is 1040. The van der Waals surface area contributed by atoms with Crippen LogP contribution in [0.15, 0.2) is 48.7 Å². The predicted molar refractivity (Wildman–Crippen MR) is 141 cm³/mol. The number of carbonyl (C=O) groups is 1. The van der Waals surface area contributed by atoms with E-state index in [1.807, 2.05) is 44.2 Å². The summed E-state index contributed by atoms with van der Waals surface area (Å²) in [7, 11) is 2.08. The van der Waals surface area contributed by atoms with Crippen molar-refractivity contribution in [1.29, 1.82) is 0 Å². The van der Waals surface area contributed by atoms with Crippen LogP contribution in [0.25, 0.3) is 22.2 Å². The second-order valence-electron chi connectivity index (χ2n) is 8.91. The van der Waals surface area contributed by atoms with Crippen LogP contribution in [0.1, 0.15) is 43.5 Å². The minimum atomic E-state index is 0.319. The van der Waals surface area contributed by atoms with E-state index in [9.17, 15) is 4.79 Å². The lowest BCUT2D eigenvalue weighted by Crippen LogP contribution is -2.24. The first-order valence-corrected chi connectivity index (χ1v) is 12.6. The molecule has 2 aliphatic rings. The van der Waals surface area contributed by atoms with E-state index in [2.05, 4.69) is 27.6 Å². The third-order valence-electron chi connectivity index (χ3n) is 6.49. The lowest BCUT2D eigenvalue weighted by molar-refractivity contribution is 0.112. The van der Waals surface area contributed by atoms with E-state index in [0.29, 0.717) is 24.7 Å². The molecule has 0 radical (unpaired) electrons. The van der Waals surface area contributed by atoms with Gasteiger partial charge in [-0.05, 0) is 76.4 Å². The number of aliphatic hydroxyl groups is 1. The highest BCUT2D eigenvalue weighted by molar-refractivity contribution is 5.98. The monoisotopic (exact) mass is 478 g/mol.